The molecule has 0 radical (unpaired) electrons. The van der Waals surface area contributed by atoms with Crippen molar-refractivity contribution in [3.8, 4) is 0 Å². The molecule has 7 nitrogen and oxygen atoms in total. The fourth-order valence-electron chi connectivity index (χ4n) is 4.36. The first-order valence-corrected chi connectivity index (χ1v) is 12.0. The summed E-state index contributed by atoms with van der Waals surface area (Å²) < 4.78 is 4.88. The number of likely N-dealkylation sites (tertiary alicyclic amines) is 1. The number of ether oxygens (including phenoxy) is 1. The predicted octanol–water partition coefficient (Wildman–Crippen LogP) is 4.08. The Morgan fingerprint density at radius 2 is 1.59 bits per heavy atom. The van der Waals surface area contributed by atoms with Crippen molar-refractivity contribution in [3.63, 3.8) is 0 Å². The van der Waals surface area contributed by atoms with Gasteiger partial charge in [0.2, 0.25) is 5.91 Å². The molecule has 176 valence electrons. The highest BCUT2D eigenvalue weighted by Crippen LogP contribution is 2.30. The minimum Gasteiger partial charge on any atom is -0.466 e. The highest BCUT2D eigenvalue weighted by Gasteiger charge is 2.27. The van der Waals surface area contributed by atoms with E-state index in [0.717, 1.165) is 57.5 Å². The Hall–Kier alpha value is -2.57. The van der Waals surface area contributed by atoms with Crippen LogP contribution in [0.2, 0.25) is 0 Å². The van der Waals surface area contributed by atoms with Gasteiger partial charge in [0.25, 0.3) is 5.91 Å². The van der Waals surface area contributed by atoms with Gasteiger partial charge >= 0.3 is 5.97 Å². The van der Waals surface area contributed by atoms with Crippen LogP contribution < -0.4 is 10.2 Å². The standard InChI is InChI=1S/C25H37N3O4/c1-4-32-24(30)8-7-23(29)26-20-5-6-22(27-13-9-18(2)10-14-27)21(17-20)25(31)28-15-11-19(3)12-16-28/h5-6,17-19H,4,7-16H2,1-3H3,(H,26,29). The molecule has 0 atom stereocenters. The molecule has 2 amide bonds. The normalized spacial score (nSPS) is 17.8. The van der Waals surface area contributed by atoms with E-state index in [0.29, 0.717) is 29.7 Å². The predicted molar refractivity (Wildman–Crippen MR) is 126 cm³/mol. The minimum atomic E-state index is -0.382. The van der Waals surface area contributed by atoms with Crippen molar-refractivity contribution >= 4 is 29.2 Å². The van der Waals surface area contributed by atoms with Crippen LogP contribution in [0.15, 0.2) is 18.2 Å². The van der Waals surface area contributed by atoms with Crippen LogP contribution in [-0.4, -0.2) is 55.5 Å². The van der Waals surface area contributed by atoms with Gasteiger partial charge in [-0.15, -0.1) is 0 Å². The lowest BCUT2D eigenvalue weighted by Gasteiger charge is -2.35. The number of hydrogen-bond donors (Lipinski definition) is 1. The van der Waals surface area contributed by atoms with E-state index in [-0.39, 0.29) is 30.6 Å². The number of piperidine rings is 2. The molecule has 32 heavy (non-hydrogen) atoms. The van der Waals surface area contributed by atoms with Crippen molar-refractivity contribution in [1.29, 1.82) is 0 Å². The average Bonchev–Trinajstić information content (AvgIpc) is 2.78. The first-order chi connectivity index (χ1) is 15.4. The maximum Gasteiger partial charge on any atom is 0.306 e. The lowest BCUT2D eigenvalue weighted by Crippen LogP contribution is -2.40. The highest BCUT2D eigenvalue weighted by molar-refractivity contribution is 6.02. The van der Waals surface area contributed by atoms with Crippen LogP contribution in [0.3, 0.4) is 0 Å². The number of hydrogen-bond acceptors (Lipinski definition) is 5. The number of anilines is 2. The van der Waals surface area contributed by atoms with E-state index in [9.17, 15) is 14.4 Å². The van der Waals surface area contributed by atoms with Crippen LogP contribution in [0.1, 0.15) is 69.7 Å². The van der Waals surface area contributed by atoms with E-state index in [2.05, 4.69) is 24.1 Å². The number of nitrogens with zero attached hydrogens (tertiary/aromatic N) is 2. The van der Waals surface area contributed by atoms with Crippen molar-refractivity contribution in [1.82, 2.24) is 4.90 Å². The Bertz CT molecular complexity index is 809. The van der Waals surface area contributed by atoms with Crippen molar-refractivity contribution in [2.24, 2.45) is 11.8 Å². The van der Waals surface area contributed by atoms with E-state index in [1.54, 1.807) is 13.0 Å². The van der Waals surface area contributed by atoms with Crippen molar-refractivity contribution in [2.75, 3.05) is 43.0 Å². The molecular weight excluding hydrogens is 406 g/mol. The van der Waals surface area contributed by atoms with Crippen LogP contribution in [-0.2, 0) is 14.3 Å². The zero-order valence-corrected chi connectivity index (χ0v) is 19.7. The zero-order valence-electron chi connectivity index (χ0n) is 19.7. The Balaban J connectivity index is 1.76. The molecule has 0 aliphatic carbocycles. The number of amides is 2. The van der Waals surface area contributed by atoms with Gasteiger partial charge in [-0.1, -0.05) is 13.8 Å². The van der Waals surface area contributed by atoms with Crippen LogP contribution >= 0.6 is 0 Å². The van der Waals surface area contributed by atoms with Gasteiger partial charge in [0, 0.05) is 44.0 Å². The van der Waals surface area contributed by atoms with Gasteiger partial charge in [0.1, 0.15) is 0 Å². The molecule has 7 heteroatoms. The number of rotatable bonds is 7. The van der Waals surface area contributed by atoms with E-state index >= 15 is 0 Å². The number of benzene rings is 1. The third-order valence-electron chi connectivity index (χ3n) is 6.57. The summed E-state index contributed by atoms with van der Waals surface area (Å²) in [5.74, 6) is 0.738. The van der Waals surface area contributed by atoms with Crippen molar-refractivity contribution in [2.45, 2.75) is 59.3 Å². The molecular formula is C25H37N3O4. The molecule has 0 spiro atoms. The van der Waals surface area contributed by atoms with Crippen LogP contribution in [0.5, 0.6) is 0 Å². The lowest BCUT2D eigenvalue weighted by molar-refractivity contribution is -0.144. The molecule has 0 bridgehead atoms. The molecule has 1 aromatic carbocycles. The van der Waals surface area contributed by atoms with Gasteiger partial charge in [-0.05, 0) is 62.6 Å². The second-order valence-electron chi connectivity index (χ2n) is 9.23. The number of esters is 1. The van der Waals surface area contributed by atoms with Crippen molar-refractivity contribution < 1.29 is 19.1 Å². The first-order valence-electron chi connectivity index (χ1n) is 12.0. The van der Waals surface area contributed by atoms with Crippen LogP contribution in [0, 0.1) is 11.8 Å². The third kappa shape index (κ3) is 6.47. The van der Waals surface area contributed by atoms with Gasteiger partial charge in [-0.3, -0.25) is 14.4 Å². The van der Waals surface area contributed by atoms with E-state index in [1.807, 2.05) is 17.0 Å². The topological polar surface area (TPSA) is 79.0 Å². The lowest BCUT2D eigenvalue weighted by atomic mass is 9.96. The third-order valence-corrected chi connectivity index (χ3v) is 6.57. The summed E-state index contributed by atoms with van der Waals surface area (Å²) >= 11 is 0. The Morgan fingerprint density at radius 1 is 0.969 bits per heavy atom. The summed E-state index contributed by atoms with van der Waals surface area (Å²) in [7, 11) is 0. The van der Waals surface area contributed by atoms with Gasteiger partial charge in [-0.25, -0.2) is 0 Å². The van der Waals surface area contributed by atoms with E-state index in [4.69, 9.17) is 4.74 Å². The molecule has 2 aliphatic heterocycles. The molecule has 0 unspecified atom stereocenters. The smallest absolute Gasteiger partial charge is 0.306 e. The van der Waals surface area contributed by atoms with Gasteiger partial charge in [0.05, 0.1) is 18.6 Å². The Morgan fingerprint density at radius 3 is 2.22 bits per heavy atom. The first kappa shape index (κ1) is 24.1. The molecule has 0 aromatic heterocycles. The summed E-state index contributed by atoms with van der Waals surface area (Å²) in [6.07, 6.45) is 4.36. The molecule has 1 N–H and O–H groups in total. The fraction of sp³-hybridized carbons (Fsp3) is 0.640. The second kappa shape index (κ2) is 11.3. The van der Waals surface area contributed by atoms with E-state index in [1.165, 1.54) is 0 Å². The molecule has 1 aromatic rings. The summed E-state index contributed by atoms with van der Waals surface area (Å²) in [6, 6.07) is 5.61. The average molecular weight is 444 g/mol. The number of carbonyl (C=O) groups excluding carboxylic acids is 3. The van der Waals surface area contributed by atoms with Crippen LogP contribution in [0.4, 0.5) is 11.4 Å². The van der Waals surface area contributed by atoms with Gasteiger partial charge < -0.3 is 19.9 Å². The van der Waals surface area contributed by atoms with Gasteiger partial charge in [-0.2, -0.15) is 0 Å². The molecule has 2 saturated heterocycles. The maximum absolute atomic E-state index is 13.5. The van der Waals surface area contributed by atoms with Crippen LogP contribution in [0.25, 0.3) is 0 Å². The molecule has 0 saturated carbocycles. The minimum absolute atomic E-state index is 0.0353. The molecule has 2 heterocycles. The number of carbonyl (C=O) groups is 3. The number of nitrogens with one attached hydrogen (secondary N) is 1. The molecule has 2 fully saturated rings. The quantitative estimate of drug-likeness (QED) is 0.643. The van der Waals surface area contributed by atoms with Crippen molar-refractivity contribution in [3.05, 3.63) is 23.8 Å². The summed E-state index contributed by atoms with van der Waals surface area (Å²) in [6.45, 7) is 9.95. The Kier molecular flexibility index (Phi) is 8.53. The highest BCUT2D eigenvalue weighted by atomic mass is 16.5. The largest absolute Gasteiger partial charge is 0.466 e. The summed E-state index contributed by atoms with van der Waals surface area (Å²) in [5.41, 5.74) is 2.18. The van der Waals surface area contributed by atoms with E-state index < -0.39 is 0 Å². The van der Waals surface area contributed by atoms with Gasteiger partial charge in [0.15, 0.2) is 0 Å². The zero-order chi connectivity index (χ0) is 23.1. The molecule has 2 aliphatic rings. The Labute approximate surface area is 191 Å². The SMILES string of the molecule is CCOC(=O)CCC(=O)Nc1ccc(N2CCC(C)CC2)c(C(=O)N2CCC(C)CC2)c1. The molecule has 3 rings (SSSR count). The second-order valence-corrected chi connectivity index (χ2v) is 9.23. The summed E-state index contributed by atoms with van der Waals surface area (Å²) in [4.78, 5) is 41.6. The maximum atomic E-state index is 13.5. The fourth-order valence-corrected chi connectivity index (χ4v) is 4.36. The summed E-state index contributed by atoms with van der Waals surface area (Å²) in [5, 5.41) is 2.85. The monoisotopic (exact) mass is 443 g/mol.